The molecule has 1 aliphatic rings. The highest BCUT2D eigenvalue weighted by Gasteiger charge is 2.38. The molecular weight excluding hydrogens is 448 g/mol. The molecule has 11 nitrogen and oxygen atoms in total. The Hall–Kier alpha value is -4.42. The van der Waals surface area contributed by atoms with Crippen molar-refractivity contribution in [3.05, 3.63) is 71.9 Å². The molecular formula is C21H17F2N9O2. The van der Waals surface area contributed by atoms with Crippen molar-refractivity contribution in [2.75, 3.05) is 6.54 Å². The second kappa shape index (κ2) is 7.57. The molecule has 1 N–H and O–H groups in total. The summed E-state index contributed by atoms with van der Waals surface area (Å²) >= 11 is 0. The number of carbonyl (C=O) groups is 1. The van der Waals surface area contributed by atoms with Gasteiger partial charge in [-0.2, -0.15) is 14.6 Å². The van der Waals surface area contributed by atoms with Gasteiger partial charge in [-0.25, -0.2) is 18.6 Å². The lowest BCUT2D eigenvalue weighted by Gasteiger charge is -2.32. The monoisotopic (exact) mass is 465 g/mol. The summed E-state index contributed by atoms with van der Waals surface area (Å²) in [7, 11) is 0. The molecule has 2 atom stereocenters. The third kappa shape index (κ3) is 3.16. The van der Waals surface area contributed by atoms with Crippen LogP contribution < -0.4 is 0 Å². The number of amides is 1. The van der Waals surface area contributed by atoms with Gasteiger partial charge in [0.05, 0.1) is 35.0 Å². The zero-order chi connectivity index (χ0) is 23.4. The standard InChI is InChI=1S/C21H17F2N9O2/c1-11(22)31-9-12(8-26-31)19-27-28-20(34-19)21(33)30-6-5-14-17(25-10-24-14)18(30)15-7-13-3-2-4-16(23)32(13)29-15/h2-4,7-11,18H,5-6H2,1H3,(H,24,25)/t11?,18-/m1/s1. The molecule has 1 amide bonds. The largest absolute Gasteiger partial charge is 0.412 e. The minimum absolute atomic E-state index is 0.0408. The van der Waals surface area contributed by atoms with Crippen LogP contribution in [0.2, 0.25) is 0 Å². The molecule has 6 heterocycles. The smallest absolute Gasteiger partial charge is 0.312 e. The van der Waals surface area contributed by atoms with Crippen LogP contribution in [0, 0.1) is 5.95 Å². The quantitative estimate of drug-likeness (QED) is 0.405. The first-order valence-corrected chi connectivity index (χ1v) is 10.5. The minimum atomic E-state index is -1.33. The molecule has 1 aliphatic heterocycles. The Balaban J connectivity index is 1.37. The Kier molecular flexibility index (Phi) is 4.50. The maximum Gasteiger partial charge on any atom is 0.312 e. The van der Waals surface area contributed by atoms with E-state index >= 15 is 0 Å². The highest BCUT2D eigenvalue weighted by molar-refractivity contribution is 5.90. The summed E-state index contributed by atoms with van der Waals surface area (Å²) in [5, 5.41) is 16.1. The summed E-state index contributed by atoms with van der Waals surface area (Å²) in [5.74, 6) is -1.25. The van der Waals surface area contributed by atoms with E-state index in [-0.39, 0.29) is 11.8 Å². The highest BCUT2D eigenvalue weighted by Crippen LogP contribution is 2.34. The van der Waals surface area contributed by atoms with Crippen molar-refractivity contribution in [2.24, 2.45) is 0 Å². The SMILES string of the molecule is CC(F)n1cc(-c2nnc(C(=O)N3CCc4[nH]cnc4[C@H]3c3cc4cccc(F)n4n3)o2)cn1. The summed E-state index contributed by atoms with van der Waals surface area (Å²) in [6.07, 6.45) is 3.54. The predicted octanol–water partition coefficient (Wildman–Crippen LogP) is 2.72. The van der Waals surface area contributed by atoms with E-state index in [0.29, 0.717) is 35.4 Å². The Morgan fingerprint density at radius 1 is 1.32 bits per heavy atom. The number of hydrogen-bond donors (Lipinski definition) is 1. The molecule has 6 rings (SSSR count). The zero-order valence-corrected chi connectivity index (χ0v) is 17.8. The Labute approximate surface area is 190 Å². The van der Waals surface area contributed by atoms with Crippen LogP contribution in [0.25, 0.3) is 17.0 Å². The van der Waals surface area contributed by atoms with Crippen LogP contribution in [0.4, 0.5) is 8.78 Å². The maximum absolute atomic E-state index is 14.3. The number of aromatic amines is 1. The van der Waals surface area contributed by atoms with Crippen molar-refractivity contribution in [1.82, 2.24) is 44.5 Å². The van der Waals surface area contributed by atoms with E-state index in [1.807, 2.05) is 0 Å². The first-order chi connectivity index (χ1) is 16.5. The molecule has 34 heavy (non-hydrogen) atoms. The van der Waals surface area contributed by atoms with Crippen molar-refractivity contribution < 1.29 is 18.0 Å². The van der Waals surface area contributed by atoms with Crippen molar-refractivity contribution >= 4 is 11.4 Å². The number of nitrogens with one attached hydrogen (secondary N) is 1. The molecule has 0 saturated carbocycles. The van der Waals surface area contributed by atoms with Crippen LogP contribution in [-0.4, -0.2) is 56.9 Å². The van der Waals surface area contributed by atoms with E-state index in [9.17, 15) is 13.6 Å². The normalized spacial score (nSPS) is 16.7. The Bertz CT molecular complexity index is 1520. The average Bonchev–Trinajstić information content (AvgIpc) is 3.62. The van der Waals surface area contributed by atoms with E-state index in [1.54, 1.807) is 24.5 Å². The third-order valence-electron chi connectivity index (χ3n) is 5.75. The fourth-order valence-electron chi connectivity index (χ4n) is 4.12. The fraction of sp³-hybridized carbons (Fsp3) is 0.238. The van der Waals surface area contributed by atoms with Gasteiger partial charge in [-0.05, 0) is 25.1 Å². The lowest BCUT2D eigenvalue weighted by Crippen LogP contribution is -2.41. The molecule has 0 aliphatic carbocycles. The van der Waals surface area contributed by atoms with Gasteiger partial charge in [0.25, 0.3) is 5.89 Å². The van der Waals surface area contributed by atoms with E-state index < -0.39 is 24.2 Å². The summed E-state index contributed by atoms with van der Waals surface area (Å²) in [4.78, 5) is 22.5. The van der Waals surface area contributed by atoms with E-state index in [4.69, 9.17) is 4.42 Å². The number of rotatable bonds is 4. The van der Waals surface area contributed by atoms with Crippen LogP contribution in [0.15, 0.2) is 47.4 Å². The number of imidazole rings is 1. The number of H-pyrrole nitrogens is 1. The molecule has 1 unspecified atom stereocenters. The number of fused-ring (bicyclic) bond motifs is 2. The van der Waals surface area contributed by atoms with Crippen molar-refractivity contribution in [2.45, 2.75) is 25.7 Å². The lowest BCUT2D eigenvalue weighted by molar-refractivity contribution is 0.0646. The first kappa shape index (κ1) is 20.2. The van der Waals surface area contributed by atoms with E-state index in [1.165, 1.54) is 34.8 Å². The molecule has 0 bridgehead atoms. The predicted molar refractivity (Wildman–Crippen MR) is 112 cm³/mol. The number of pyridine rings is 1. The van der Waals surface area contributed by atoms with Crippen LogP contribution in [0.5, 0.6) is 0 Å². The summed E-state index contributed by atoms with van der Waals surface area (Å²) in [5.41, 5.74) is 2.86. The minimum Gasteiger partial charge on any atom is -0.412 e. The summed E-state index contributed by atoms with van der Waals surface area (Å²) in [6, 6.07) is 5.64. The van der Waals surface area contributed by atoms with Gasteiger partial charge in [0, 0.05) is 24.9 Å². The molecule has 0 fully saturated rings. The Morgan fingerprint density at radius 2 is 2.21 bits per heavy atom. The second-order valence-corrected chi connectivity index (χ2v) is 7.87. The van der Waals surface area contributed by atoms with Crippen LogP contribution in [0.1, 0.15) is 47.0 Å². The number of halogens is 2. The van der Waals surface area contributed by atoms with Gasteiger partial charge in [-0.15, -0.1) is 10.2 Å². The topological polar surface area (TPSA) is 123 Å². The lowest BCUT2D eigenvalue weighted by atomic mass is 9.99. The molecule has 0 radical (unpaired) electrons. The van der Waals surface area contributed by atoms with Gasteiger partial charge in [-0.1, -0.05) is 6.07 Å². The van der Waals surface area contributed by atoms with Crippen molar-refractivity contribution in [1.29, 1.82) is 0 Å². The van der Waals surface area contributed by atoms with Crippen molar-refractivity contribution in [3.8, 4) is 11.5 Å². The molecule has 13 heteroatoms. The number of carbonyl (C=O) groups excluding carboxylic acids is 1. The third-order valence-corrected chi connectivity index (χ3v) is 5.75. The number of hydrogen-bond acceptors (Lipinski definition) is 7. The van der Waals surface area contributed by atoms with E-state index in [2.05, 4.69) is 30.4 Å². The summed E-state index contributed by atoms with van der Waals surface area (Å²) < 4.78 is 35.6. The zero-order valence-electron chi connectivity index (χ0n) is 17.8. The van der Waals surface area contributed by atoms with Gasteiger partial charge in [-0.3, -0.25) is 4.79 Å². The average molecular weight is 465 g/mol. The Morgan fingerprint density at radius 3 is 3.00 bits per heavy atom. The molecule has 172 valence electrons. The van der Waals surface area contributed by atoms with Crippen molar-refractivity contribution in [3.63, 3.8) is 0 Å². The van der Waals surface area contributed by atoms with Gasteiger partial charge in [0.1, 0.15) is 6.04 Å². The van der Waals surface area contributed by atoms with Gasteiger partial charge in [0.2, 0.25) is 5.95 Å². The van der Waals surface area contributed by atoms with E-state index in [0.717, 1.165) is 10.4 Å². The molecule has 0 spiro atoms. The van der Waals surface area contributed by atoms with Gasteiger partial charge < -0.3 is 14.3 Å². The molecule has 0 aromatic carbocycles. The number of alkyl halides is 1. The second-order valence-electron chi connectivity index (χ2n) is 7.87. The first-order valence-electron chi connectivity index (χ1n) is 10.5. The van der Waals surface area contributed by atoms with Crippen LogP contribution in [0.3, 0.4) is 0 Å². The fourth-order valence-corrected chi connectivity index (χ4v) is 4.12. The molecule has 5 aromatic rings. The molecule has 5 aromatic heterocycles. The highest BCUT2D eigenvalue weighted by atomic mass is 19.1. The number of nitrogens with zero attached hydrogens (tertiary/aromatic N) is 8. The molecule has 0 saturated heterocycles. The van der Waals surface area contributed by atoms with Crippen LogP contribution in [-0.2, 0) is 6.42 Å². The number of aromatic nitrogens is 8. The van der Waals surface area contributed by atoms with Gasteiger partial charge >= 0.3 is 11.8 Å². The van der Waals surface area contributed by atoms with Gasteiger partial charge in [0.15, 0.2) is 6.30 Å². The summed E-state index contributed by atoms with van der Waals surface area (Å²) in [6.45, 7) is 1.66. The van der Waals surface area contributed by atoms with Crippen LogP contribution >= 0.6 is 0 Å². The maximum atomic E-state index is 14.3.